The average Bonchev–Trinajstić information content (AvgIpc) is 2.29. The monoisotopic (exact) mass is 240 g/mol. The Balaban J connectivity index is 2.52. The SMILES string of the molecule is C[C@H](OBBO)C([C@H]1CC[C@@H](C)CC1)[C@@H](C)O. The van der Waals surface area contributed by atoms with Crippen molar-refractivity contribution in [2.75, 3.05) is 0 Å². The molecule has 1 aliphatic rings. The van der Waals surface area contributed by atoms with E-state index in [0.29, 0.717) is 13.3 Å². The first-order chi connectivity index (χ1) is 8.06. The number of aliphatic hydroxyl groups is 1. The first-order valence-corrected chi connectivity index (χ1v) is 6.96. The minimum atomic E-state index is -0.331. The Morgan fingerprint density at radius 3 is 2.24 bits per heavy atom. The van der Waals surface area contributed by atoms with Crippen LogP contribution in [-0.2, 0) is 4.65 Å². The van der Waals surface area contributed by atoms with Crippen LogP contribution < -0.4 is 0 Å². The van der Waals surface area contributed by atoms with Gasteiger partial charge in [-0.05, 0) is 38.5 Å². The van der Waals surface area contributed by atoms with Crippen LogP contribution in [0.15, 0.2) is 0 Å². The fourth-order valence-corrected chi connectivity index (χ4v) is 3.19. The van der Waals surface area contributed by atoms with Gasteiger partial charge in [0, 0.05) is 12.0 Å². The van der Waals surface area contributed by atoms with Crippen molar-refractivity contribution in [2.45, 2.75) is 58.7 Å². The molecule has 1 fully saturated rings. The van der Waals surface area contributed by atoms with Crippen LogP contribution in [0.25, 0.3) is 0 Å². The van der Waals surface area contributed by atoms with Crippen molar-refractivity contribution in [3.8, 4) is 0 Å². The van der Waals surface area contributed by atoms with Gasteiger partial charge in [-0.25, -0.2) is 0 Å². The van der Waals surface area contributed by atoms with Crippen LogP contribution >= 0.6 is 0 Å². The van der Waals surface area contributed by atoms with Crippen LogP contribution in [0.4, 0.5) is 0 Å². The molecule has 3 nitrogen and oxygen atoms in total. The van der Waals surface area contributed by atoms with E-state index in [1.165, 1.54) is 25.7 Å². The van der Waals surface area contributed by atoms with Crippen LogP contribution in [0.5, 0.6) is 0 Å². The van der Waals surface area contributed by atoms with Gasteiger partial charge in [-0.15, -0.1) is 0 Å². The fourth-order valence-electron chi connectivity index (χ4n) is 3.19. The second-order valence-corrected chi connectivity index (χ2v) is 5.64. The molecule has 1 rings (SSSR count). The van der Waals surface area contributed by atoms with E-state index in [-0.39, 0.29) is 25.5 Å². The number of rotatable bonds is 6. The van der Waals surface area contributed by atoms with Crippen LogP contribution in [0.3, 0.4) is 0 Å². The molecule has 0 aromatic carbocycles. The Bertz CT molecular complexity index is 206. The summed E-state index contributed by atoms with van der Waals surface area (Å²) in [6.45, 7) is 6.19. The van der Waals surface area contributed by atoms with Crippen molar-refractivity contribution in [3.63, 3.8) is 0 Å². The summed E-state index contributed by atoms with van der Waals surface area (Å²) in [4.78, 5) is 0. The lowest BCUT2D eigenvalue weighted by molar-refractivity contribution is -0.00190. The maximum atomic E-state index is 9.96. The van der Waals surface area contributed by atoms with Gasteiger partial charge in [0.1, 0.15) is 0 Å². The molecule has 0 heterocycles. The van der Waals surface area contributed by atoms with Gasteiger partial charge in [-0.1, -0.05) is 19.8 Å². The maximum absolute atomic E-state index is 9.96. The zero-order valence-corrected chi connectivity index (χ0v) is 11.4. The molecule has 0 amide bonds. The average molecular weight is 240 g/mol. The molecule has 0 saturated heterocycles. The molecule has 1 unspecified atom stereocenters. The molecule has 0 radical (unpaired) electrons. The Morgan fingerprint density at radius 1 is 1.18 bits per heavy atom. The van der Waals surface area contributed by atoms with E-state index in [1.54, 1.807) is 0 Å². The van der Waals surface area contributed by atoms with Crippen LogP contribution in [0.2, 0.25) is 0 Å². The van der Waals surface area contributed by atoms with Gasteiger partial charge >= 0.3 is 0 Å². The standard InChI is InChI=1S/C12H26B2O3/c1-8-4-6-11(7-5-8)12(9(2)15)10(3)17-14-13-16/h8-16H,4-7H2,1-3H3/t8-,9-,10+,11+,12?/m1/s1. The smallest absolute Gasteiger partial charge is 0.271 e. The van der Waals surface area contributed by atoms with Crippen molar-refractivity contribution in [1.82, 2.24) is 0 Å². The van der Waals surface area contributed by atoms with E-state index >= 15 is 0 Å². The van der Waals surface area contributed by atoms with E-state index in [1.807, 2.05) is 13.8 Å². The van der Waals surface area contributed by atoms with Gasteiger partial charge in [0.2, 0.25) is 0 Å². The molecule has 1 saturated carbocycles. The highest BCUT2D eigenvalue weighted by Gasteiger charge is 2.33. The zero-order chi connectivity index (χ0) is 12.8. The highest BCUT2D eigenvalue weighted by Crippen LogP contribution is 2.36. The summed E-state index contributed by atoms with van der Waals surface area (Å²) in [6.07, 6.45) is 4.62. The predicted octanol–water partition coefficient (Wildman–Crippen LogP) is 0.825. The van der Waals surface area contributed by atoms with Crippen LogP contribution in [0.1, 0.15) is 46.5 Å². The minimum absolute atomic E-state index is 0.0283. The molecule has 17 heavy (non-hydrogen) atoms. The molecule has 0 aromatic heterocycles. The Kier molecular flexibility index (Phi) is 6.60. The van der Waals surface area contributed by atoms with Crippen molar-refractivity contribution in [1.29, 1.82) is 0 Å². The second kappa shape index (κ2) is 7.45. The number of aliphatic hydroxyl groups excluding tert-OH is 1. The van der Waals surface area contributed by atoms with Crippen LogP contribution in [0, 0.1) is 17.8 Å². The Labute approximate surface area is 106 Å². The molecule has 5 heteroatoms. The van der Waals surface area contributed by atoms with E-state index in [9.17, 15) is 5.11 Å². The van der Waals surface area contributed by atoms with Gasteiger partial charge in [-0.3, -0.25) is 0 Å². The molecule has 0 aliphatic heterocycles. The summed E-state index contributed by atoms with van der Waals surface area (Å²) in [5, 5.41) is 18.8. The minimum Gasteiger partial charge on any atom is -0.459 e. The summed E-state index contributed by atoms with van der Waals surface area (Å²) < 4.78 is 5.58. The van der Waals surface area contributed by atoms with E-state index in [4.69, 9.17) is 9.68 Å². The van der Waals surface area contributed by atoms with Gasteiger partial charge in [0.05, 0.1) is 6.10 Å². The topological polar surface area (TPSA) is 49.7 Å². The summed E-state index contributed by atoms with van der Waals surface area (Å²) >= 11 is 0. The lowest BCUT2D eigenvalue weighted by atomic mass is 9.64. The Hall–Kier alpha value is 0.00987. The first-order valence-electron chi connectivity index (χ1n) is 6.96. The highest BCUT2D eigenvalue weighted by molar-refractivity contribution is 6.93. The molecule has 0 bridgehead atoms. The van der Waals surface area contributed by atoms with Crippen molar-refractivity contribution < 1.29 is 14.8 Å². The fraction of sp³-hybridized carbons (Fsp3) is 1.00. The molecule has 1 aliphatic carbocycles. The molecule has 2 N–H and O–H groups in total. The number of hydrogen-bond acceptors (Lipinski definition) is 3. The van der Waals surface area contributed by atoms with E-state index in [0.717, 1.165) is 5.92 Å². The Morgan fingerprint density at radius 2 is 1.76 bits per heavy atom. The first kappa shape index (κ1) is 15.1. The molecule has 3 atom stereocenters. The largest absolute Gasteiger partial charge is 0.459 e. The molecule has 98 valence electrons. The highest BCUT2D eigenvalue weighted by atomic mass is 16.4. The lowest BCUT2D eigenvalue weighted by Gasteiger charge is -2.37. The molecular formula is C12H26B2O3. The van der Waals surface area contributed by atoms with Crippen molar-refractivity contribution in [3.05, 3.63) is 0 Å². The normalized spacial score (nSPS) is 30.4. The predicted molar refractivity (Wildman–Crippen MR) is 73.4 cm³/mol. The van der Waals surface area contributed by atoms with Gasteiger partial charge in [-0.2, -0.15) is 0 Å². The maximum Gasteiger partial charge on any atom is 0.271 e. The van der Waals surface area contributed by atoms with E-state index < -0.39 is 0 Å². The molecule has 0 aromatic rings. The third-order valence-electron chi connectivity index (χ3n) is 4.18. The zero-order valence-electron chi connectivity index (χ0n) is 11.4. The third kappa shape index (κ3) is 4.64. The molecular weight excluding hydrogens is 214 g/mol. The van der Waals surface area contributed by atoms with Gasteiger partial charge in [0.15, 0.2) is 0 Å². The van der Waals surface area contributed by atoms with E-state index in [2.05, 4.69) is 6.92 Å². The quantitative estimate of drug-likeness (QED) is 0.676. The summed E-state index contributed by atoms with van der Waals surface area (Å²) in [5.74, 6) is 1.60. The summed E-state index contributed by atoms with van der Waals surface area (Å²) in [7, 11) is 0.423. The third-order valence-corrected chi connectivity index (χ3v) is 4.18. The summed E-state index contributed by atoms with van der Waals surface area (Å²) in [5.41, 5.74) is 0. The molecule has 0 spiro atoms. The lowest BCUT2D eigenvalue weighted by Crippen LogP contribution is -2.39. The van der Waals surface area contributed by atoms with Crippen LogP contribution in [-0.4, -0.2) is 37.1 Å². The van der Waals surface area contributed by atoms with Gasteiger partial charge in [0.25, 0.3) is 14.7 Å². The summed E-state index contributed by atoms with van der Waals surface area (Å²) in [6, 6.07) is 0. The van der Waals surface area contributed by atoms with Crippen molar-refractivity contribution >= 4 is 14.7 Å². The number of hydrogen-bond donors (Lipinski definition) is 2. The van der Waals surface area contributed by atoms with Crippen molar-refractivity contribution in [2.24, 2.45) is 17.8 Å². The second-order valence-electron chi connectivity index (χ2n) is 5.64. The van der Waals surface area contributed by atoms with Gasteiger partial charge < -0.3 is 14.8 Å².